The van der Waals surface area contributed by atoms with Crippen molar-refractivity contribution in [1.82, 2.24) is 0 Å². The molecule has 0 radical (unpaired) electrons. The highest BCUT2D eigenvalue weighted by atomic mass is 16.3. The first-order valence-corrected chi connectivity index (χ1v) is 3.12. The Morgan fingerprint density at radius 1 is 1.67 bits per heavy atom. The van der Waals surface area contributed by atoms with E-state index in [1.54, 1.807) is 0 Å². The molecule has 0 aromatic carbocycles. The summed E-state index contributed by atoms with van der Waals surface area (Å²) in [6.45, 7) is -0.0810. The van der Waals surface area contributed by atoms with E-state index in [2.05, 4.69) is 0 Å². The molecule has 1 amide bonds. The van der Waals surface area contributed by atoms with Crippen LogP contribution < -0.4 is 5.73 Å². The monoisotopic (exact) mass is 129 g/mol. The van der Waals surface area contributed by atoms with Crippen molar-refractivity contribution in [2.24, 2.45) is 11.1 Å². The maximum absolute atomic E-state index is 10.6. The van der Waals surface area contributed by atoms with Gasteiger partial charge in [0.15, 0.2) is 0 Å². The van der Waals surface area contributed by atoms with Gasteiger partial charge in [0.2, 0.25) is 5.91 Å². The molecule has 0 atom stereocenters. The van der Waals surface area contributed by atoms with Crippen molar-refractivity contribution < 1.29 is 9.90 Å². The van der Waals surface area contributed by atoms with Crippen LogP contribution in [0.4, 0.5) is 0 Å². The third kappa shape index (κ3) is 0.812. The zero-order valence-electron chi connectivity index (χ0n) is 5.26. The van der Waals surface area contributed by atoms with E-state index in [4.69, 9.17) is 10.8 Å². The lowest BCUT2D eigenvalue weighted by molar-refractivity contribution is -0.135. The molecule has 0 heterocycles. The zero-order chi connectivity index (χ0) is 6.91. The van der Waals surface area contributed by atoms with E-state index in [-0.39, 0.29) is 12.5 Å². The van der Waals surface area contributed by atoms with Crippen LogP contribution >= 0.6 is 0 Å². The van der Waals surface area contributed by atoms with Crippen molar-refractivity contribution in [3.05, 3.63) is 0 Å². The first-order chi connectivity index (χ1) is 4.21. The van der Waals surface area contributed by atoms with Crippen LogP contribution in [0.1, 0.15) is 19.3 Å². The molecule has 3 heteroatoms. The molecule has 1 fully saturated rings. The Hall–Kier alpha value is -0.570. The molecule has 0 aromatic heterocycles. The Balaban J connectivity index is 2.57. The number of hydrogen-bond acceptors (Lipinski definition) is 2. The van der Waals surface area contributed by atoms with Gasteiger partial charge in [-0.25, -0.2) is 0 Å². The number of carbonyl (C=O) groups excluding carboxylic acids is 1. The topological polar surface area (TPSA) is 63.3 Å². The maximum atomic E-state index is 10.6. The van der Waals surface area contributed by atoms with Crippen LogP contribution in [0, 0.1) is 5.41 Å². The van der Waals surface area contributed by atoms with Gasteiger partial charge in [-0.15, -0.1) is 0 Å². The predicted octanol–water partition coefficient (Wildman–Crippen LogP) is -0.366. The van der Waals surface area contributed by atoms with E-state index in [9.17, 15) is 4.79 Å². The highest BCUT2D eigenvalue weighted by Crippen LogP contribution is 2.39. The van der Waals surface area contributed by atoms with Crippen LogP contribution in [0.15, 0.2) is 0 Å². The molecule has 3 N–H and O–H groups in total. The summed E-state index contributed by atoms with van der Waals surface area (Å²) in [5.41, 5.74) is 4.50. The molecule has 52 valence electrons. The number of nitrogens with two attached hydrogens (primary N) is 1. The van der Waals surface area contributed by atoms with Gasteiger partial charge in [-0.1, -0.05) is 6.42 Å². The van der Waals surface area contributed by atoms with E-state index < -0.39 is 5.41 Å². The van der Waals surface area contributed by atoms with Gasteiger partial charge < -0.3 is 10.8 Å². The summed E-state index contributed by atoms with van der Waals surface area (Å²) in [6.07, 6.45) is 2.54. The number of rotatable bonds is 2. The summed E-state index contributed by atoms with van der Waals surface area (Å²) in [6, 6.07) is 0. The van der Waals surface area contributed by atoms with Crippen molar-refractivity contribution in [3.63, 3.8) is 0 Å². The molecule has 0 bridgehead atoms. The fourth-order valence-corrected chi connectivity index (χ4v) is 1.09. The summed E-state index contributed by atoms with van der Waals surface area (Å²) in [5.74, 6) is -0.351. The van der Waals surface area contributed by atoms with Gasteiger partial charge in [0, 0.05) is 0 Å². The number of amides is 1. The molecule has 0 unspecified atom stereocenters. The molecule has 1 saturated carbocycles. The summed E-state index contributed by atoms with van der Waals surface area (Å²) in [7, 11) is 0. The lowest BCUT2D eigenvalue weighted by Crippen LogP contribution is -2.45. The Kier molecular flexibility index (Phi) is 1.45. The zero-order valence-corrected chi connectivity index (χ0v) is 5.26. The highest BCUT2D eigenvalue weighted by molar-refractivity contribution is 5.81. The second-order valence-corrected chi connectivity index (χ2v) is 2.66. The van der Waals surface area contributed by atoms with Gasteiger partial charge in [-0.2, -0.15) is 0 Å². The first kappa shape index (κ1) is 6.55. The third-order valence-electron chi connectivity index (χ3n) is 2.14. The minimum atomic E-state index is -0.542. The minimum absolute atomic E-state index is 0.0810. The van der Waals surface area contributed by atoms with Crippen molar-refractivity contribution >= 4 is 5.91 Å². The molecule has 1 rings (SSSR count). The van der Waals surface area contributed by atoms with E-state index in [0.29, 0.717) is 0 Å². The average Bonchev–Trinajstić information content (AvgIpc) is 1.62. The number of carbonyl (C=O) groups is 1. The molecular weight excluding hydrogens is 118 g/mol. The smallest absolute Gasteiger partial charge is 0.225 e. The largest absolute Gasteiger partial charge is 0.395 e. The van der Waals surface area contributed by atoms with Crippen LogP contribution in [0.3, 0.4) is 0 Å². The molecule has 1 aliphatic rings. The lowest BCUT2D eigenvalue weighted by atomic mass is 9.69. The molecular formula is C6H11NO2. The Bertz CT molecular complexity index is 124. The Morgan fingerprint density at radius 2 is 2.22 bits per heavy atom. The van der Waals surface area contributed by atoms with Gasteiger partial charge in [0.05, 0.1) is 12.0 Å². The second-order valence-electron chi connectivity index (χ2n) is 2.66. The molecule has 0 aliphatic heterocycles. The number of aliphatic hydroxyl groups is 1. The van der Waals surface area contributed by atoms with Crippen LogP contribution in [-0.2, 0) is 4.79 Å². The Labute approximate surface area is 53.9 Å². The minimum Gasteiger partial charge on any atom is -0.395 e. The standard InChI is InChI=1S/C6H11NO2/c7-5(9)6(4-8)2-1-3-6/h8H,1-4H2,(H2,7,9). The third-order valence-corrected chi connectivity index (χ3v) is 2.14. The van der Waals surface area contributed by atoms with Crippen LogP contribution in [0.25, 0.3) is 0 Å². The average molecular weight is 129 g/mol. The van der Waals surface area contributed by atoms with E-state index in [1.807, 2.05) is 0 Å². The summed E-state index contributed by atoms with van der Waals surface area (Å²) < 4.78 is 0. The Morgan fingerprint density at radius 3 is 2.22 bits per heavy atom. The second kappa shape index (κ2) is 1.99. The van der Waals surface area contributed by atoms with Gasteiger partial charge in [-0.05, 0) is 12.8 Å². The normalized spacial score (nSPS) is 22.8. The maximum Gasteiger partial charge on any atom is 0.225 e. The van der Waals surface area contributed by atoms with Crippen molar-refractivity contribution in [1.29, 1.82) is 0 Å². The summed E-state index contributed by atoms with van der Waals surface area (Å²) in [5, 5.41) is 8.71. The molecule has 0 spiro atoms. The summed E-state index contributed by atoms with van der Waals surface area (Å²) in [4.78, 5) is 10.6. The fraction of sp³-hybridized carbons (Fsp3) is 0.833. The summed E-state index contributed by atoms with van der Waals surface area (Å²) >= 11 is 0. The van der Waals surface area contributed by atoms with Gasteiger partial charge >= 0.3 is 0 Å². The van der Waals surface area contributed by atoms with Gasteiger partial charge in [-0.3, -0.25) is 4.79 Å². The fourth-order valence-electron chi connectivity index (χ4n) is 1.09. The van der Waals surface area contributed by atoms with Crippen molar-refractivity contribution in [3.8, 4) is 0 Å². The molecule has 1 aliphatic carbocycles. The van der Waals surface area contributed by atoms with E-state index >= 15 is 0 Å². The quantitative estimate of drug-likeness (QED) is 0.534. The van der Waals surface area contributed by atoms with Crippen LogP contribution in [0.2, 0.25) is 0 Å². The lowest BCUT2D eigenvalue weighted by Gasteiger charge is -2.36. The molecule has 9 heavy (non-hydrogen) atoms. The van der Waals surface area contributed by atoms with E-state index in [0.717, 1.165) is 19.3 Å². The van der Waals surface area contributed by atoms with E-state index in [1.165, 1.54) is 0 Å². The molecule has 0 saturated heterocycles. The number of hydrogen-bond donors (Lipinski definition) is 2. The first-order valence-electron chi connectivity index (χ1n) is 3.12. The van der Waals surface area contributed by atoms with Crippen LogP contribution in [0.5, 0.6) is 0 Å². The van der Waals surface area contributed by atoms with Gasteiger partial charge in [0.1, 0.15) is 0 Å². The van der Waals surface area contributed by atoms with Crippen molar-refractivity contribution in [2.75, 3.05) is 6.61 Å². The number of aliphatic hydroxyl groups excluding tert-OH is 1. The highest BCUT2D eigenvalue weighted by Gasteiger charge is 2.41. The van der Waals surface area contributed by atoms with Gasteiger partial charge in [0.25, 0.3) is 0 Å². The number of primary amides is 1. The van der Waals surface area contributed by atoms with Crippen LogP contribution in [-0.4, -0.2) is 17.6 Å². The predicted molar refractivity (Wildman–Crippen MR) is 32.6 cm³/mol. The molecule has 3 nitrogen and oxygen atoms in total. The SMILES string of the molecule is NC(=O)C1(CO)CCC1. The molecule has 0 aromatic rings. The van der Waals surface area contributed by atoms with Crippen molar-refractivity contribution in [2.45, 2.75) is 19.3 Å².